The van der Waals surface area contributed by atoms with E-state index in [1.165, 1.54) is 4.80 Å². The number of hydrogen-bond acceptors (Lipinski definition) is 6. The Hall–Kier alpha value is -2.84. The van der Waals surface area contributed by atoms with Gasteiger partial charge in [0.15, 0.2) is 16.6 Å². The minimum Gasteiger partial charge on any atom is -0.299 e. The number of carbonyl (C=O) groups is 1. The molecular weight excluding hydrogens is 413 g/mol. The van der Waals surface area contributed by atoms with E-state index in [1.807, 2.05) is 13.8 Å². The van der Waals surface area contributed by atoms with E-state index in [0.717, 1.165) is 16.8 Å². The van der Waals surface area contributed by atoms with E-state index < -0.39 is 0 Å². The Bertz CT molecular complexity index is 1180. The Labute approximate surface area is 176 Å². The fourth-order valence-corrected chi connectivity index (χ4v) is 3.69. The molecule has 0 aliphatic carbocycles. The van der Waals surface area contributed by atoms with Gasteiger partial charge in [0.1, 0.15) is 5.78 Å². The standard InChI is InChI=1S/C19H17Cl2N7O/c1-11(2)18-13(10-22-17-8-16(21)26-27(17)18)7-14(29)5-12-6-15(20)19(23-9-12)28-24-3-4-25-28/h3-4,6,8-11H,5,7H2,1-2H3. The molecule has 0 aromatic carbocycles. The molecule has 4 heterocycles. The molecule has 0 spiro atoms. The molecule has 0 unspecified atom stereocenters. The smallest absolute Gasteiger partial charge is 0.193 e. The molecule has 0 radical (unpaired) electrons. The van der Waals surface area contributed by atoms with E-state index in [2.05, 4.69) is 25.3 Å². The van der Waals surface area contributed by atoms with Gasteiger partial charge in [-0.3, -0.25) is 4.79 Å². The quantitative estimate of drug-likeness (QED) is 0.465. The summed E-state index contributed by atoms with van der Waals surface area (Å²) in [6.07, 6.45) is 6.85. The summed E-state index contributed by atoms with van der Waals surface area (Å²) >= 11 is 12.3. The van der Waals surface area contributed by atoms with Gasteiger partial charge in [0.2, 0.25) is 0 Å². The maximum absolute atomic E-state index is 12.7. The summed E-state index contributed by atoms with van der Waals surface area (Å²) in [6, 6.07) is 3.41. The zero-order valence-corrected chi connectivity index (χ0v) is 17.3. The monoisotopic (exact) mass is 429 g/mol. The molecule has 8 nitrogen and oxygen atoms in total. The summed E-state index contributed by atoms with van der Waals surface area (Å²) in [5.41, 5.74) is 3.13. The molecule has 10 heteroatoms. The molecule has 0 fully saturated rings. The van der Waals surface area contributed by atoms with Crippen molar-refractivity contribution in [3.63, 3.8) is 0 Å². The van der Waals surface area contributed by atoms with Crippen LogP contribution in [0.4, 0.5) is 0 Å². The number of Topliss-reactive ketones (excluding diaryl/α,β-unsaturated/α-hetero) is 1. The molecular formula is C19H17Cl2N7O. The van der Waals surface area contributed by atoms with Crippen LogP contribution in [0.25, 0.3) is 11.5 Å². The first-order chi connectivity index (χ1) is 13.9. The molecule has 0 atom stereocenters. The van der Waals surface area contributed by atoms with Crippen LogP contribution in [-0.4, -0.2) is 40.4 Å². The first-order valence-corrected chi connectivity index (χ1v) is 9.74. The maximum atomic E-state index is 12.7. The van der Waals surface area contributed by atoms with E-state index in [4.69, 9.17) is 23.2 Å². The van der Waals surface area contributed by atoms with Crippen molar-refractivity contribution in [1.29, 1.82) is 0 Å². The van der Waals surface area contributed by atoms with Crippen molar-refractivity contribution in [2.45, 2.75) is 32.6 Å². The van der Waals surface area contributed by atoms with Crippen LogP contribution in [0.15, 0.2) is 36.9 Å². The van der Waals surface area contributed by atoms with Gasteiger partial charge >= 0.3 is 0 Å². The van der Waals surface area contributed by atoms with E-state index in [1.54, 1.807) is 41.4 Å². The molecule has 0 bridgehead atoms. The number of ketones is 1. The lowest BCUT2D eigenvalue weighted by atomic mass is 9.99. The summed E-state index contributed by atoms with van der Waals surface area (Å²) in [5.74, 6) is 0.588. The van der Waals surface area contributed by atoms with E-state index in [-0.39, 0.29) is 24.5 Å². The predicted molar refractivity (Wildman–Crippen MR) is 109 cm³/mol. The zero-order chi connectivity index (χ0) is 20.5. The molecule has 0 aliphatic heterocycles. The third kappa shape index (κ3) is 3.99. The van der Waals surface area contributed by atoms with Crippen molar-refractivity contribution < 1.29 is 4.79 Å². The van der Waals surface area contributed by atoms with Crippen LogP contribution >= 0.6 is 23.2 Å². The fourth-order valence-electron chi connectivity index (χ4n) is 3.25. The summed E-state index contributed by atoms with van der Waals surface area (Å²) in [7, 11) is 0. The molecule has 29 heavy (non-hydrogen) atoms. The molecule has 148 valence electrons. The highest BCUT2D eigenvalue weighted by Crippen LogP contribution is 2.23. The molecule has 4 aromatic heterocycles. The number of pyridine rings is 1. The summed E-state index contributed by atoms with van der Waals surface area (Å²) < 4.78 is 1.71. The van der Waals surface area contributed by atoms with E-state index >= 15 is 0 Å². The number of halogens is 2. The highest BCUT2D eigenvalue weighted by Gasteiger charge is 2.18. The summed E-state index contributed by atoms with van der Waals surface area (Å²) in [6.45, 7) is 4.09. The Kier molecular flexibility index (Phi) is 5.29. The molecule has 4 aromatic rings. The molecule has 0 saturated carbocycles. The number of fused-ring (bicyclic) bond motifs is 1. The average molecular weight is 430 g/mol. The van der Waals surface area contributed by atoms with Gasteiger partial charge in [0.25, 0.3) is 0 Å². The molecule has 0 N–H and O–H groups in total. The van der Waals surface area contributed by atoms with Crippen molar-refractivity contribution in [3.8, 4) is 5.82 Å². The highest BCUT2D eigenvalue weighted by atomic mass is 35.5. The SMILES string of the molecule is CC(C)c1c(CC(=O)Cc2cnc(-n3nccn3)c(Cl)c2)cnc2cc(Cl)nn12. The predicted octanol–water partition coefficient (Wildman–Crippen LogP) is 3.49. The van der Waals surface area contributed by atoms with Gasteiger partial charge in [-0.15, -0.1) is 4.80 Å². The van der Waals surface area contributed by atoms with Gasteiger partial charge in [-0.25, -0.2) is 14.5 Å². The Morgan fingerprint density at radius 3 is 2.52 bits per heavy atom. The minimum absolute atomic E-state index is 0.0223. The first-order valence-electron chi connectivity index (χ1n) is 8.98. The highest BCUT2D eigenvalue weighted by molar-refractivity contribution is 6.32. The van der Waals surface area contributed by atoms with Crippen LogP contribution in [-0.2, 0) is 17.6 Å². The van der Waals surface area contributed by atoms with Crippen molar-refractivity contribution in [1.82, 2.24) is 34.6 Å². The lowest BCUT2D eigenvalue weighted by Crippen LogP contribution is -2.13. The first kappa shape index (κ1) is 19.5. The largest absolute Gasteiger partial charge is 0.299 e. The Balaban J connectivity index is 1.56. The number of carbonyl (C=O) groups excluding carboxylic acids is 1. The second-order valence-electron chi connectivity index (χ2n) is 6.92. The number of rotatable bonds is 6. The van der Waals surface area contributed by atoms with Crippen LogP contribution in [0.5, 0.6) is 0 Å². The van der Waals surface area contributed by atoms with Crippen LogP contribution in [0.2, 0.25) is 10.2 Å². The number of hydrogen-bond donors (Lipinski definition) is 0. The zero-order valence-electron chi connectivity index (χ0n) is 15.8. The Morgan fingerprint density at radius 2 is 1.83 bits per heavy atom. The van der Waals surface area contributed by atoms with E-state index in [0.29, 0.717) is 21.6 Å². The second kappa shape index (κ2) is 7.88. The average Bonchev–Trinajstić information content (AvgIpc) is 3.30. The third-order valence-electron chi connectivity index (χ3n) is 4.39. The van der Waals surface area contributed by atoms with Crippen LogP contribution in [0, 0.1) is 0 Å². The minimum atomic E-state index is 0.0223. The second-order valence-corrected chi connectivity index (χ2v) is 7.71. The third-order valence-corrected chi connectivity index (χ3v) is 4.86. The Morgan fingerprint density at radius 1 is 1.07 bits per heavy atom. The van der Waals surface area contributed by atoms with Crippen molar-refractivity contribution in [2.24, 2.45) is 0 Å². The molecule has 0 aliphatic rings. The molecule has 0 saturated heterocycles. The van der Waals surface area contributed by atoms with E-state index in [9.17, 15) is 4.79 Å². The molecule has 4 rings (SSSR count). The van der Waals surface area contributed by atoms with Crippen molar-refractivity contribution in [2.75, 3.05) is 0 Å². The lowest BCUT2D eigenvalue weighted by molar-refractivity contribution is -0.117. The van der Waals surface area contributed by atoms with Crippen molar-refractivity contribution >= 4 is 34.6 Å². The van der Waals surface area contributed by atoms with Gasteiger partial charge in [-0.05, 0) is 23.1 Å². The number of nitrogens with zero attached hydrogens (tertiary/aromatic N) is 7. The molecule has 0 amide bonds. The summed E-state index contributed by atoms with van der Waals surface area (Å²) in [4.78, 5) is 22.7. The van der Waals surface area contributed by atoms with Crippen LogP contribution in [0.1, 0.15) is 36.6 Å². The fraction of sp³-hybridized carbons (Fsp3) is 0.263. The van der Waals surface area contributed by atoms with Gasteiger partial charge in [-0.2, -0.15) is 15.3 Å². The topological polar surface area (TPSA) is 90.9 Å². The van der Waals surface area contributed by atoms with Gasteiger partial charge in [0.05, 0.1) is 23.1 Å². The summed E-state index contributed by atoms with van der Waals surface area (Å²) in [5, 5.41) is 13.1. The lowest BCUT2D eigenvalue weighted by Gasteiger charge is -2.14. The van der Waals surface area contributed by atoms with Gasteiger partial charge in [0, 0.05) is 31.3 Å². The number of aromatic nitrogens is 7. The van der Waals surface area contributed by atoms with Gasteiger partial charge < -0.3 is 0 Å². The maximum Gasteiger partial charge on any atom is 0.193 e. The van der Waals surface area contributed by atoms with Crippen molar-refractivity contribution in [3.05, 3.63) is 63.9 Å². The van der Waals surface area contributed by atoms with Crippen LogP contribution in [0.3, 0.4) is 0 Å². The normalized spacial score (nSPS) is 11.5. The van der Waals surface area contributed by atoms with Crippen LogP contribution < -0.4 is 0 Å². The van der Waals surface area contributed by atoms with Gasteiger partial charge in [-0.1, -0.05) is 37.0 Å².